The highest BCUT2D eigenvalue weighted by Gasteiger charge is 2.31. The van der Waals surface area contributed by atoms with Gasteiger partial charge >= 0.3 is 5.97 Å². The van der Waals surface area contributed by atoms with E-state index >= 15 is 0 Å². The number of carbonyl (C=O) groups excluding carboxylic acids is 1. The molecule has 134 valence electrons. The largest absolute Gasteiger partial charge is 0.465 e. The van der Waals surface area contributed by atoms with Gasteiger partial charge < -0.3 is 14.5 Å². The van der Waals surface area contributed by atoms with Gasteiger partial charge in [0.1, 0.15) is 17.7 Å². The van der Waals surface area contributed by atoms with Crippen LogP contribution in [0.3, 0.4) is 0 Å². The molecule has 6 heteroatoms. The molecule has 0 radical (unpaired) electrons. The number of pyridine rings is 1. The Morgan fingerprint density at radius 2 is 2.00 bits per heavy atom. The first-order valence-corrected chi connectivity index (χ1v) is 8.72. The van der Waals surface area contributed by atoms with E-state index in [0.717, 1.165) is 47.7 Å². The number of anilines is 3. The van der Waals surface area contributed by atoms with Gasteiger partial charge in [-0.05, 0) is 25.0 Å². The summed E-state index contributed by atoms with van der Waals surface area (Å²) in [4.78, 5) is 21.4. The summed E-state index contributed by atoms with van der Waals surface area (Å²) in [7, 11) is 5.47. The average Bonchev–Trinajstić information content (AvgIpc) is 3.14. The third-order valence-electron chi connectivity index (χ3n) is 4.87. The number of aromatic nitrogens is 2. The first-order chi connectivity index (χ1) is 12.6. The maximum Gasteiger partial charge on any atom is 0.342 e. The van der Waals surface area contributed by atoms with E-state index < -0.39 is 0 Å². The van der Waals surface area contributed by atoms with Gasteiger partial charge in [-0.15, -0.1) is 0 Å². The Bertz CT molecular complexity index is 963. The standard InChI is InChI=1S/C20H22N4O2/c1-22(2)19-15-10-7-11-23(14-8-5-4-6-9-14)18(15)17(20(25)26-3)16-12-21-13-24(16)19/h4-6,8-9,12-13H,7,10-11H2,1-3H3. The van der Waals surface area contributed by atoms with Crippen LogP contribution in [0, 0.1) is 0 Å². The number of ether oxygens (including phenoxy) is 1. The normalized spacial score (nSPS) is 13.6. The second-order valence-electron chi connectivity index (χ2n) is 6.65. The molecule has 0 aliphatic carbocycles. The van der Waals surface area contributed by atoms with E-state index in [-0.39, 0.29) is 5.97 Å². The molecular weight excluding hydrogens is 328 g/mol. The summed E-state index contributed by atoms with van der Waals surface area (Å²) in [6.07, 6.45) is 5.42. The number of methoxy groups -OCH3 is 1. The minimum atomic E-state index is -0.333. The van der Waals surface area contributed by atoms with Gasteiger partial charge in [0.25, 0.3) is 0 Å². The van der Waals surface area contributed by atoms with Crippen molar-refractivity contribution in [3.05, 3.63) is 54.0 Å². The predicted octanol–water partition coefficient (Wildman–Crippen LogP) is 3.27. The first kappa shape index (κ1) is 16.4. The molecule has 4 rings (SSSR count). The molecule has 3 aromatic rings. The summed E-state index contributed by atoms with van der Waals surface area (Å²) in [5.74, 6) is 0.723. The highest BCUT2D eigenvalue weighted by atomic mass is 16.5. The second-order valence-corrected chi connectivity index (χ2v) is 6.65. The fraction of sp³-hybridized carbons (Fsp3) is 0.300. The number of nitrogens with zero attached hydrogens (tertiary/aromatic N) is 4. The van der Waals surface area contributed by atoms with Crippen molar-refractivity contribution in [1.82, 2.24) is 9.38 Å². The van der Waals surface area contributed by atoms with Crippen LogP contribution in [-0.4, -0.2) is 43.1 Å². The highest BCUT2D eigenvalue weighted by molar-refractivity contribution is 6.06. The van der Waals surface area contributed by atoms with E-state index in [1.54, 1.807) is 12.5 Å². The summed E-state index contributed by atoms with van der Waals surface area (Å²) in [6, 6.07) is 10.2. The van der Waals surface area contributed by atoms with Crippen molar-refractivity contribution in [2.45, 2.75) is 12.8 Å². The molecule has 0 bridgehead atoms. The third-order valence-corrected chi connectivity index (χ3v) is 4.87. The van der Waals surface area contributed by atoms with Crippen LogP contribution in [0.15, 0.2) is 42.9 Å². The maximum absolute atomic E-state index is 12.8. The molecule has 3 heterocycles. The molecule has 0 spiro atoms. The fourth-order valence-electron chi connectivity index (χ4n) is 3.88. The van der Waals surface area contributed by atoms with E-state index in [1.165, 1.54) is 7.11 Å². The lowest BCUT2D eigenvalue weighted by Crippen LogP contribution is -2.30. The van der Waals surface area contributed by atoms with Crippen LogP contribution in [0.25, 0.3) is 5.52 Å². The van der Waals surface area contributed by atoms with Crippen molar-refractivity contribution >= 4 is 28.7 Å². The Balaban J connectivity index is 2.10. The van der Waals surface area contributed by atoms with Gasteiger partial charge in [-0.1, -0.05) is 18.2 Å². The Hall–Kier alpha value is -3.02. The van der Waals surface area contributed by atoms with Crippen LogP contribution in [0.4, 0.5) is 17.2 Å². The smallest absolute Gasteiger partial charge is 0.342 e. The number of fused-ring (bicyclic) bond motifs is 2. The summed E-state index contributed by atoms with van der Waals surface area (Å²) in [5, 5.41) is 0. The Morgan fingerprint density at radius 3 is 2.69 bits per heavy atom. The third kappa shape index (κ3) is 2.41. The second kappa shape index (κ2) is 6.37. The topological polar surface area (TPSA) is 50.1 Å². The molecule has 1 aromatic carbocycles. The lowest BCUT2D eigenvalue weighted by atomic mass is 9.96. The van der Waals surface area contributed by atoms with Gasteiger partial charge in [-0.3, -0.25) is 4.40 Å². The van der Waals surface area contributed by atoms with Crippen LogP contribution in [0.5, 0.6) is 0 Å². The van der Waals surface area contributed by atoms with Crippen LogP contribution < -0.4 is 9.80 Å². The number of hydrogen-bond donors (Lipinski definition) is 0. The van der Waals surface area contributed by atoms with E-state index in [2.05, 4.69) is 26.9 Å². The number of carbonyl (C=O) groups is 1. The number of para-hydroxylation sites is 1. The molecule has 0 N–H and O–H groups in total. The Labute approximate surface area is 152 Å². The molecule has 0 saturated heterocycles. The summed E-state index contributed by atoms with van der Waals surface area (Å²) in [5.41, 5.74) is 4.51. The Morgan fingerprint density at radius 1 is 1.23 bits per heavy atom. The summed E-state index contributed by atoms with van der Waals surface area (Å²) in [6.45, 7) is 0.859. The minimum Gasteiger partial charge on any atom is -0.465 e. The molecule has 0 atom stereocenters. The van der Waals surface area contributed by atoms with Crippen LogP contribution in [0.2, 0.25) is 0 Å². The van der Waals surface area contributed by atoms with Gasteiger partial charge in [0.15, 0.2) is 0 Å². The molecule has 0 amide bonds. The van der Waals surface area contributed by atoms with Crippen molar-refractivity contribution in [2.75, 3.05) is 37.5 Å². The van der Waals surface area contributed by atoms with E-state index in [1.807, 2.05) is 36.7 Å². The maximum atomic E-state index is 12.8. The minimum absolute atomic E-state index is 0.333. The van der Waals surface area contributed by atoms with E-state index in [9.17, 15) is 4.79 Å². The monoisotopic (exact) mass is 350 g/mol. The molecule has 0 fully saturated rings. The lowest BCUT2D eigenvalue weighted by Gasteiger charge is -2.35. The molecule has 2 aromatic heterocycles. The van der Waals surface area contributed by atoms with Crippen molar-refractivity contribution in [3.63, 3.8) is 0 Å². The van der Waals surface area contributed by atoms with Crippen molar-refractivity contribution in [3.8, 4) is 0 Å². The van der Waals surface area contributed by atoms with Crippen molar-refractivity contribution in [2.24, 2.45) is 0 Å². The molecule has 1 aliphatic rings. The molecular formula is C20H22N4O2. The Kier molecular flexibility index (Phi) is 4.03. The zero-order chi connectivity index (χ0) is 18.3. The van der Waals surface area contributed by atoms with Gasteiger partial charge in [0, 0.05) is 31.9 Å². The van der Waals surface area contributed by atoms with E-state index in [4.69, 9.17) is 4.74 Å². The van der Waals surface area contributed by atoms with Crippen LogP contribution in [-0.2, 0) is 11.2 Å². The van der Waals surface area contributed by atoms with Gasteiger partial charge in [-0.2, -0.15) is 0 Å². The lowest BCUT2D eigenvalue weighted by molar-refractivity contribution is 0.0603. The number of benzene rings is 1. The molecule has 26 heavy (non-hydrogen) atoms. The quantitative estimate of drug-likeness (QED) is 0.679. The molecule has 0 saturated carbocycles. The van der Waals surface area contributed by atoms with Crippen molar-refractivity contribution < 1.29 is 9.53 Å². The van der Waals surface area contributed by atoms with Gasteiger partial charge in [-0.25, -0.2) is 9.78 Å². The summed E-state index contributed by atoms with van der Waals surface area (Å²) < 4.78 is 7.13. The van der Waals surface area contributed by atoms with Crippen LogP contribution >= 0.6 is 0 Å². The number of imidazole rings is 1. The molecule has 6 nitrogen and oxygen atoms in total. The van der Waals surface area contributed by atoms with Crippen LogP contribution in [0.1, 0.15) is 22.3 Å². The van der Waals surface area contributed by atoms with E-state index in [0.29, 0.717) is 5.56 Å². The predicted molar refractivity (Wildman–Crippen MR) is 103 cm³/mol. The van der Waals surface area contributed by atoms with Gasteiger partial charge in [0.05, 0.1) is 24.5 Å². The molecule has 0 unspecified atom stereocenters. The highest BCUT2D eigenvalue weighted by Crippen LogP contribution is 2.43. The number of hydrogen-bond acceptors (Lipinski definition) is 5. The zero-order valence-electron chi connectivity index (χ0n) is 15.3. The summed E-state index contributed by atoms with van der Waals surface area (Å²) >= 11 is 0. The number of rotatable bonds is 3. The SMILES string of the molecule is COC(=O)c1c2c(c(N(C)C)n3cncc13)CCCN2c1ccccc1. The molecule has 1 aliphatic heterocycles. The zero-order valence-corrected chi connectivity index (χ0v) is 15.3. The van der Waals surface area contributed by atoms with Crippen molar-refractivity contribution in [1.29, 1.82) is 0 Å². The number of esters is 1. The average molecular weight is 350 g/mol. The first-order valence-electron chi connectivity index (χ1n) is 8.72. The fourth-order valence-corrected chi connectivity index (χ4v) is 3.88. The van der Waals surface area contributed by atoms with Gasteiger partial charge in [0.2, 0.25) is 0 Å².